The first-order valence-corrected chi connectivity index (χ1v) is 6.67. The zero-order valence-electron chi connectivity index (χ0n) is 12.5. The molecular weight excluding hydrogens is 238 g/mol. The number of nitrogens with zero attached hydrogens (tertiary/aromatic N) is 1. The van der Waals surface area contributed by atoms with Gasteiger partial charge >= 0.3 is 0 Å². The summed E-state index contributed by atoms with van der Waals surface area (Å²) in [5, 5.41) is 6.68. The molecule has 0 saturated heterocycles. The Morgan fingerprint density at radius 1 is 1.21 bits per heavy atom. The van der Waals surface area contributed by atoms with Gasteiger partial charge in [0.15, 0.2) is 5.96 Å². The summed E-state index contributed by atoms with van der Waals surface area (Å²) in [4.78, 5) is 4.23. The van der Waals surface area contributed by atoms with Gasteiger partial charge in [0.1, 0.15) is 5.75 Å². The van der Waals surface area contributed by atoms with Crippen LogP contribution in [0.4, 0.5) is 0 Å². The number of guanidine groups is 1. The van der Waals surface area contributed by atoms with E-state index in [1.807, 2.05) is 24.3 Å². The third-order valence-corrected chi connectivity index (χ3v) is 3.21. The molecule has 1 aromatic rings. The first kappa shape index (κ1) is 15.3. The van der Waals surface area contributed by atoms with E-state index in [9.17, 15) is 0 Å². The molecule has 1 rings (SSSR count). The lowest BCUT2D eigenvalue weighted by Crippen LogP contribution is -2.43. The predicted molar refractivity (Wildman–Crippen MR) is 80.6 cm³/mol. The van der Waals surface area contributed by atoms with Crippen LogP contribution in [0.25, 0.3) is 0 Å². The van der Waals surface area contributed by atoms with Crippen molar-refractivity contribution in [2.45, 2.75) is 33.4 Å². The Bertz CT molecular complexity index is 398. The fourth-order valence-corrected chi connectivity index (χ4v) is 1.51. The summed E-state index contributed by atoms with van der Waals surface area (Å²) in [6.07, 6.45) is 0. The van der Waals surface area contributed by atoms with Crippen LogP contribution in [0.2, 0.25) is 0 Å². The minimum Gasteiger partial charge on any atom is -0.497 e. The van der Waals surface area contributed by atoms with Crippen molar-refractivity contribution in [3.05, 3.63) is 29.8 Å². The van der Waals surface area contributed by atoms with Crippen LogP contribution in [-0.2, 0) is 6.54 Å². The van der Waals surface area contributed by atoms with Gasteiger partial charge in [0.2, 0.25) is 0 Å². The number of rotatable bonds is 5. The number of aliphatic imine (C=N–C) groups is 1. The van der Waals surface area contributed by atoms with Crippen molar-refractivity contribution in [3.63, 3.8) is 0 Å². The van der Waals surface area contributed by atoms with E-state index in [0.717, 1.165) is 18.3 Å². The molecule has 0 aliphatic carbocycles. The molecule has 0 heterocycles. The molecule has 0 aliphatic rings. The number of hydrogen-bond donors (Lipinski definition) is 2. The van der Waals surface area contributed by atoms with Gasteiger partial charge in [-0.3, -0.25) is 4.99 Å². The molecule has 4 heteroatoms. The third-order valence-electron chi connectivity index (χ3n) is 3.21. The highest BCUT2D eigenvalue weighted by Gasteiger charge is 2.08. The Morgan fingerprint density at radius 3 is 2.32 bits per heavy atom. The largest absolute Gasteiger partial charge is 0.497 e. The van der Waals surface area contributed by atoms with Crippen LogP contribution in [-0.4, -0.2) is 26.2 Å². The van der Waals surface area contributed by atoms with Gasteiger partial charge in [0.05, 0.1) is 7.11 Å². The highest BCUT2D eigenvalue weighted by molar-refractivity contribution is 5.79. The van der Waals surface area contributed by atoms with Gasteiger partial charge in [-0.25, -0.2) is 0 Å². The number of ether oxygens (including phenoxy) is 1. The van der Waals surface area contributed by atoms with Crippen LogP contribution >= 0.6 is 0 Å². The van der Waals surface area contributed by atoms with Crippen molar-refractivity contribution >= 4 is 5.96 Å². The minimum atomic E-state index is 0.391. The van der Waals surface area contributed by atoms with Crippen molar-refractivity contribution in [1.29, 1.82) is 0 Å². The van der Waals surface area contributed by atoms with Crippen molar-refractivity contribution in [2.24, 2.45) is 10.9 Å². The van der Waals surface area contributed by atoms with Crippen LogP contribution in [0, 0.1) is 5.92 Å². The number of hydrogen-bond acceptors (Lipinski definition) is 2. The number of nitrogens with one attached hydrogen (secondary N) is 2. The Balaban J connectivity index is 2.49. The summed E-state index contributed by atoms with van der Waals surface area (Å²) in [5.41, 5.74) is 1.20. The summed E-state index contributed by atoms with van der Waals surface area (Å²) >= 11 is 0. The van der Waals surface area contributed by atoms with E-state index >= 15 is 0 Å². The summed E-state index contributed by atoms with van der Waals surface area (Å²) in [6, 6.07) is 8.41. The summed E-state index contributed by atoms with van der Waals surface area (Å²) in [6.45, 7) is 7.28. The zero-order valence-corrected chi connectivity index (χ0v) is 12.5. The number of methoxy groups -OCH3 is 1. The fraction of sp³-hybridized carbons (Fsp3) is 0.533. The van der Waals surface area contributed by atoms with Crippen LogP contribution in [0.3, 0.4) is 0 Å². The second kappa shape index (κ2) is 7.67. The van der Waals surface area contributed by atoms with Crippen LogP contribution < -0.4 is 15.4 Å². The van der Waals surface area contributed by atoms with Crippen molar-refractivity contribution in [1.82, 2.24) is 10.6 Å². The molecule has 0 radical (unpaired) electrons. The topological polar surface area (TPSA) is 45.7 Å². The maximum atomic E-state index is 5.14. The molecule has 0 fully saturated rings. The van der Waals surface area contributed by atoms with Crippen molar-refractivity contribution in [2.75, 3.05) is 14.2 Å². The van der Waals surface area contributed by atoms with E-state index in [2.05, 4.69) is 36.4 Å². The molecule has 1 aromatic carbocycles. The molecule has 1 atom stereocenters. The van der Waals surface area contributed by atoms with Gasteiger partial charge in [-0.15, -0.1) is 0 Å². The average molecular weight is 263 g/mol. The molecule has 0 bridgehead atoms. The zero-order chi connectivity index (χ0) is 14.3. The van der Waals surface area contributed by atoms with Gasteiger partial charge < -0.3 is 15.4 Å². The molecular formula is C15H25N3O. The standard InChI is InChI=1S/C15H25N3O/c1-11(2)12(3)18-15(16-4)17-10-13-6-8-14(19-5)9-7-13/h6-9,11-12H,10H2,1-5H3,(H2,16,17,18). The van der Waals surface area contributed by atoms with E-state index in [4.69, 9.17) is 4.74 Å². The Labute approximate surface area is 116 Å². The molecule has 19 heavy (non-hydrogen) atoms. The van der Waals surface area contributed by atoms with Crippen LogP contribution in [0.5, 0.6) is 5.75 Å². The molecule has 2 N–H and O–H groups in total. The smallest absolute Gasteiger partial charge is 0.191 e. The predicted octanol–water partition coefficient (Wildman–Crippen LogP) is 2.40. The Morgan fingerprint density at radius 2 is 1.84 bits per heavy atom. The fourth-order valence-electron chi connectivity index (χ4n) is 1.51. The Hall–Kier alpha value is -1.71. The molecule has 1 unspecified atom stereocenters. The first-order chi connectivity index (χ1) is 9.06. The van der Waals surface area contributed by atoms with E-state index in [0.29, 0.717) is 12.0 Å². The highest BCUT2D eigenvalue weighted by atomic mass is 16.5. The molecule has 0 aliphatic heterocycles. The number of benzene rings is 1. The molecule has 0 spiro atoms. The summed E-state index contributed by atoms with van der Waals surface area (Å²) in [7, 11) is 3.46. The van der Waals surface area contributed by atoms with Crippen LogP contribution in [0.15, 0.2) is 29.3 Å². The van der Waals surface area contributed by atoms with Crippen molar-refractivity contribution in [3.8, 4) is 5.75 Å². The summed E-state index contributed by atoms with van der Waals surface area (Å²) in [5.74, 6) is 2.27. The van der Waals surface area contributed by atoms with Gasteiger partial charge in [0, 0.05) is 19.6 Å². The van der Waals surface area contributed by atoms with Gasteiger partial charge in [0.25, 0.3) is 0 Å². The second-order valence-electron chi connectivity index (χ2n) is 4.95. The SMILES string of the molecule is CN=C(NCc1ccc(OC)cc1)NC(C)C(C)C. The lowest BCUT2D eigenvalue weighted by molar-refractivity contribution is 0.414. The maximum absolute atomic E-state index is 5.14. The van der Waals surface area contributed by atoms with Gasteiger partial charge in [-0.1, -0.05) is 26.0 Å². The Kier molecular flexibility index (Phi) is 6.19. The van der Waals surface area contributed by atoms with Gasteiger partial charge in [-0.05, 0) is 30.5 Å². The third kappa shape index (κ3) is 5.20. The normalized spacial score (nSPS) is 13.3. The van der Waals surface area contributed by atoms with E-state index in [1.165, 1.54) is 5.56 Å². The van der Waals surface area contributed by atoms with Crippen LogP contribution in [0.1, 0.15) is 26.3 Å². The lowest BCUT2D eigenvalue weighted by Gasteiger charge is -2.20. The van der Waals surface area contributed by atoms with Gasteiger partial charge in [-0.2, -0.15) is 0 Å². The first-order valence-electron chi connectivity index (χ1n) is 6.67. The quantitative estimate of drug-likeness (QED) is 0.633. The van der Waals surface area contributed by atoms with E-state index < -0.39 is 0 Å². The molecule has 0 aromatic heterocycles. The second-order valence-corrected chi connectivity index (χ2v) is 4.95. The minimum absolute atomic E-state index is 0.391. The molecule has 0 amide bonds. The average Bonchev–Trinajstić information content (AvgIpc) is 2.43. The highest BCUT2D eigenvalue weighted by Crippen LogP contribution is 2.10. The monoisotopic (exact) mass is 263 g/mol. The van der Waals surface area contributed by atoms with E-state index in [1.54, 1.807) is 14.2 Å². The molecule has 106 valence electrons. The molecule has 0 saturated carbocycles. The van der Waals surface area contributed by atoms with E-state index in [-0.39, 0.29) is 0 Å². The lowest BCUT2D eigenvalue weighted by atomic mass is 10.1. The maximum Gasteiger partial charge on any atom is 0.191 e. The van der Waals surface area contributed by atoms with Crippen molar-refractivity contribution < 1.29 is 4.74 Å². The summed E-state index contributed by atoms with van der Waals surface area (Å²) < 4.78 is 5.14. The molecule has 4 nitrogen and oxygen atoms in total.